The number of nitrogens with two attached hydrogens (primary N) is 1. The number of nitrogens with one attached hydrogen (secondary N) is 1. The monoisotopic (exact) mass is 369 g/mol. The van der Waals surface area contributed by atoms with Gasteiger partial charge < -0.3 is 16.0 Å². The highest BCUT2D eigenvalue weighted by Crippen LogP contribution is 2.27. The molecule has 5 nitrogen and oxygen atoms in total. The van der Waals surface area contributed by atoms with Crippen LogP contribution in [0.5, 0.6) is 0 Å². The summed E-state index contributed by atoms with van der Waals surface area (Å²) in [5, 5.41) is 2.88. The molecular formula is C21H24FN3O2. The molecule has 0 aliphatic heterocycles. The third kappa shape index (κ3) is 4.64. The molecule has 3 N–H and O–H groups in total. The molecule has 0 bridgehead atoms. The number of hydrogen-bond donors (Lipinski definition) is 2. The van der Waals surface area contributed by atoms with Crippen LogP contribution in [0, 0.1) is 11.7 Å². The van der Waals surface area contributed by atoms with Crippen molar-refractivity contribution in [1.29, 1.82) is 0 Å². The third-order valence-electron chi connectivity index (χ3n) is 5.26. The quantitative estimate of drug-likeness (QED) is 0.855. The van der Waals surface area contributed by atoms with Gasteiger partial charge in [0.25, 0.3) is 0 Å². The summed E-state index contributed by atoms with van der Waals surface area (Å²) in [5.41, 5.74) is 7.71. The highest BCUT2D eigenvalue weighted by molar-refractivity contribution is 5.89. The van der Waals surface area contributed by atoms with E-state index in [0.717, 1.165) is 36.8 Å². The van der Waals surface area contributed by atoms with Crippen molar-refractivity contribution in [2.75, 3.05) is 12.4 Å². The number of carbonyl (C=O) groups is 2. The van der Waals surface area contributed by atoms with Crippen molar-refractivity contribution in [1.82, 2.24) is 4.90 Å². The van der Waals surface area contributed by atoms with Crippen LogP contribution in [0.25, 0.3) is 11.1 Å². The molecule has 0 saturated heterocycles. The van der Waals surface area contributed by atoms with Crippen LogP contribution in [-0.2, 0) is 4.79 Å². The number of urea groups is 1. The average Bonchev–Trinajstić information content (AvgIpc) is 2.68. The largest absolute Gasteiger partial charge is 0.369 e. The Morgan fingerprint density at radius 3 is 2.30 bits per heavy atom. The molecule has 0 aromatic heterocycles. The SMILES string of the molecule is CN(C(=O)Nc1ccc(-c2cccc(F)c2)cc1)C1CCC(C(N)=O)CC1. The van der Waals surface area contributed by atoms with E-state index in [-0.39, 0.29) is 29.7 Å². The van der Waals surface area contributed by atoms with Crippen LogP contribution in [0.1, 0.15) is 25.7 Å². The number of anilines is 1. The maximum absolute atomic E-state index is 13.3. The maximum atomic E-state index is 13.3. The standard InChI is InChI=1S/C21H24FN3O2/c1-25(19-11-7-15(8-12-19)20(23)26)21(27)24-18-9-5-14(6-10-18)16-3-2-4-17(22)13-16/h2-6,9-10,13,15,19H,7-8,11-12H2,1H3,(H2,23,26)(H,24,27). The molecule has 2 aromatic carbocycles. The minimum atomic E-state index is -0.280. The smallest absolute Gasteiger partial charge is 0.321 e. The Hall–Kier alpha value is -2.89. The summed E-state index contributed by atoms with van der Waals surface area (Å²) < 4.78 is 13.3. The van der Waals surface area contributed by atoms with E-state index in [1.165, 1.54) is 12.1 Å². The first-order valence-electron chi connectivity index (χ1n) is 9.13. The fourth-order valence-corrected chi connectivity index (χ4v) is 3.54. The van der Waals surface area contributed by atoms with Gasteiger partial charge in [0.15, 0.2) is 0 Å². The Kier molecular flexibility index (Phi) is 5.74. The van der Waals surface area contributed by atoms with E-state index in [2.05, 4.69) is 5.32 Å². The van der Waals surface area contributed by atoms with E-state index in [4.69, 9.17) is 5.73 Å². The first-order chi connectivity index (χ1) is 12.9. The second kappa shape index (κ2) is 8.20. The van der Waals surface area contributed by atoms with E-state index >= 15 is 0 Å². The average molecular weight is 369 g/mol. The lowest BCUT2D eigenvalue weighted by atomic mass is 9.85. The van der Waals surface area contributed by atoms with Gasteiger partial charge in [0.05, 0.1) is 0 Å². The highest BCUT2D eigenvalue weighted by atomic mass is 19.1. The first kappa shape index (κ1) is 18.9. The van der Waals surface area contributed by atoms with Gasteiger partial charge in [-0.15, -0.1) is 0 Å². The summed E-state index contributed by atoms with van der Waals surface area (Å²) in [6, 6.07) is 13.6. The summed E-state index contributed by atoms with van der Waals surface area (Å²) >= 11 is 0. The van der Waals surface area contributed by atoms with Crippen molar-refractivity contribution < 1.29 is 14.0 Å². The number of primary amides is 1. The molecule has 27 heavy (non-hydrogen) atoms. The third-order valence-corrected chi connectivity index (χ3v) is 5.26. The van der Waals surface area contributed by atoms with Crippen LogP contribution in [-0.4, -0.2) is 29.9 Å². The molecule has 3 amide bonds. The molecule has 1 fully saturated rings. The van der Waals surface area contributed by atoms with Gasteiger partial charge in [-0.1, -0.05) is 24.3 Å². The molecule has 0 spiro atoms. The Bertz CT molecular complexity index is 814. The summed E-state index contributed by atoms with van der Waals surface area (Å²) in [5.74, 6) is -0.607. The van der Waals surface area contributed by atoms with E-state index in [9.17, 15) is 14.0 Å². The second-order valence-corrected chi connectivity index (χ2v) is 7.04. The molecule has 1 aliphatic carbocycles. The van der Waals surface area contributed by atoms with Gasteiger partial charge in [0.1, 0.15) is 5.82 Å². The van der Waals surface area contributed by atoms with Gasteiger partial charge in [-0.05, 0) is 61.1 Å². The zero-order valence-corrected chi connectivity index (χ0v) is 15.3. The van der Waals surface area contributed by atoms with Gasteiger partial charge >= 0.3 is 6.03 Å². The number of amides is 3. The fourth-order valence-electron chi connectivity index (χ4n) is 3.54. The first-order valence-corrected chi connectivity index (χ1v) is 9.13. The van der Waals surface area contributed by atoms with Crippen LogP contribution >= 0.6 is 0 Å². The molecule has 1 saturated carbocycles. The molecule has 2 aromatic rings. The maximum Gasteiger partial charge on any atom is 0.321 e. The lowest BCUT2D eigenvalue weighted by Gasteiger charge is -2.33. The van der Waals surface area contributed by atoms with Crippen molar-refractivity contribution in [3.63, 3.8) is 0 Å². The minimum absolute atomic E-state index is 0.0759. The van der Waals surface area contributed by atoms with Crippen LogP contribution in [0.15, 0.2) is 48.5 Å². The molecule has 0 unspecified atom stereocenters. The van der Waals surface area contributed by atoms with Gasteiger partial charge in [-0.25, -0.2) is 9.18 Å². The molecule has 6 heteroatoms. The molecule has 0 atom stereocenters. The Morgan fingerprint density at radius 2 is 1.70 bits per heavy atom. The van der Waals surface area contributed by atoms with Crippen LogP contribution in [0.3, 0.4) is 0 Å². The van der Waals surface area contributed by atoms with Crippen LogP contribution in [0.2, 0.25) is 0 Å². The second-order valence-electron chi connectivity index (χ2n) is 7.04. The van der Waals surface area contributed by atoms with Crippen molar-refractivity contribution in [3.8, 4) is 11.1 Å². The van der Waals surface area contributed by atoms with E-state index < -0.39 is 0 Å². The van der Waals surface area contributed by atoms with Crippen molar-refractivity contribution >= 4 is 17.6 Å². The number of benzene rings is 2. The van der Waals surface area contributed by atoms with Crippen molar-refractivity contribution in [2.45, 2.75) is 31.7 Å². The van der Waals surface area contributed by atoms with Gasteiger partial charge in [-0.3, -0.25) is 4.79 Å². The number of nitrogens with zero attached hydrogens (tertiary/aromatic N) is 1. The zero-order chi connectivity index (χ0) is 19.4. The Balaban J connectivity index is 1.58. The number of halogens is 1. The van der Waals surface area contributed by atoms with Crippen LogP contribution in [0.4, 0.5) is 14.9 Å². The Morgan fingerprint density at radius 1 is 1.04 bits per heavy atom. The lowest BCUT2D eigenvalue weighted by Crippen LogP contribution is -2.43. The molecule has 142 valence electrons. The van der Waals surface area contributed by atoms with E-state index in [1.54, 1.807) is 30.1 Å². The number of hydrogen-bond acceptors (Lipinski definition) is 2. The lowest BCUT2D eigenvalue weighted by molar-refractivity contribution is -0.122. The van der Waals surface area contributed by atoms with Gasteiger partial charge in [-0.2, -0.15) is 0 Å². The molecule has 1 aliphatic rings. The van der Waals surface area contributed by atoms with Gasteiger partial charge in [0, 0.05) is 24.7 Å². The van der Waals surface area contributed by atoms with Gasteiger partial charge in [0.2, 0.25) is 5.91 Å². The normalized spacial score (nSPS) is 19.3. The van der Waals surface area contributed by atoms with E-state index in [1.807, 2.05) is 18.2 Å². The van der Waals surface area contributed by atoms with Crippen molar-refractivity contribution in [3.05, 3.63) is 54.3 Å². The topological polar surface area (TPSA) is 75.4 Å². The summed E-state index contributed by atoms with van der Waals surface area (Å²) in [6.07, 6.45) is 2.99. The molecular weight excluding hydrogens is 345 g/mol. The summed E-state index contributed by atoms with van der Waals surface area (Å²) in [7, 11) is 1.77. The predicted octanol–water partition coefficient (Wildman–Crippen LogP) is 4.00. The number of rotatable bonds is 4. The molecule has 0 heterocycles. The summed E-state index contributed by atoms with van der Waals surface area (Å²) in [6.45, 7) is 0. The Labute approximate surface area is 158 Å². The number of carbonyl (C=O) groups excluding carboxylic acids is 2. The zero-order valence-electron chi connectivity index (χ0n) is 15.3. The molecule has 0 radical (unpaired) electrons. The fraction of sp³-hybridized carbons (Fsp3) is 0.333. The van der Waals surface area contributed by atoms with Crippen LogP contribution < -0.4 is 11.1 Å². The van der Waals surface area contributed by atoms with Crippen molar-refractivity contribution in [2.24, 2.45) is 11.7 Å². The predicted molar refractivity (Wildman–Crippen MR) is 104 cm³/mol. The summed E-state index contributed by atoms with van der Waals surface area (Å²) in [4.78, 5) is 25.5. The molecule has 3 rings (SSSR count). The van der Waals surface area contributed by atoms with E-state index in [0.29, 0.717) is 5.69 Å². The minimum Gasteiger partial charge on any atom is -0.369 e. The highest BCUT2D eigenvalue weighted by Gasteiger charge is 2.28.